The number of rotatable bonds is 6. The fourth-order valence-corrected chi connectivity index (χ4v) is 2.75. The summed E-state index contributed by atoms with van der Waals surface area (Å²) in [4.78, 5) is 14.5. The number of ether oxygens (including phenoxy) is 1. The molecule has 1 aliphatic rings. The van der Waals surface area contributed by atoms with Crippen molar-refractivity contribution in [2.45, 2.75) is 6.42 Å². The summed E-state index contributed by atoms with van der Waals surface area (Å²) in [5, 5.41) is 3.21. The lowest BCUT2D eigenvalue weighted by molar-refractivity contribution is 0.0993. The summed E-state index contributed by atoms with van der Waals surface area (Å²) in [7, 11) is 0. The number of morpholine rings is 1. The smallest absolute Gasteiger partial charge is 0.168 e. The van der Waals surface area contributed by atoms with E-state index in [-0.39, 0.29) is 12.2 Å². The fourth-order valence-electron chi connectivity index (χ4n) is 2.75. The van der Waals surface area contributed by atoms with Crippen LogP contribution in [-0.2, 0) is 4.74 Å². The van der Waals surface area contributed by atoms with Crippen LogP contribution in [0.5, 0.6) is 0 Å². The van der Waals surface area contributed by atoms with Crippen molar-refractivity contribution in [2.24, 2.45) is 0 Å². The molecule has 1 heterocycles. The van der Waals surface area contributed by atoms with Crippen molar-refractivity contribution in [3.8, 4) is 0 Å². The van der Waals surface area contributed by atoms with Gasteiger partial charge in [0.05, 0.1) is 19.6 Å². The Kier molecular flexibility index (Phi) is 5.29. The molecule has 2 aromatic rings. The lowest BCUT2D eigenvalue weighted by atomic mass is 10.1. The number of nitrogens with zero attached hydrogens (tertiary/aromatic N) is 1. The average molecular weight is 322 g/mol. The van der Waals surface area contributed by atoms with E-state index in [1.165, 1.54) is 5.69 Å². The lowest BCUT2D eigenvalue weighted by Gasteiger charge is -2.29. The number of anilines is 2. The third-order valence-electron chi connectivity index (χ3n) is 4.03. The first-order valence-electron chi connectivity index (χ1n) is 8.18. The predicted molar refractivity (Wildman–Crippen MR) is 97.6 cm³/mol. The third-order valence-corrected chi connectivity index (χ3v) is 4.03. The van der Waals surface area contributed by atoms with E-state index in [9.17, 15) is 4.79 Å². The van der Waals surface area contributed by atoms with E-state index in [0.717, 1.165) is 32.0 Å². The van der Waals surface area contributed by atoms with Crippen molar-refractivity contribution in [2.75, 3.05) is 36.5 Å². The molecule has 2 aromatic carbocycles. The first kappa shape index (κ1) is 16.3. The van der Waals surface area contributed by atoms with Gasteiger partial charge in [-0.3, -0.25) is 4.79 Å². The molecule has 0 atom stereocenters. The SMILES string of the molecule is C=C(CC(=O)c1ccccc1)Nc1ccc(N2CCOCC2)cc1. The number of nitrogens with one attached hydrogen (secondary N) is 1. The maximum Gasteiger partial charge on any atom is 0.168 e. The molecule has 0 amide bonds. The summed E-state index contributed by atoms with van der Waals surface area (Å²) < 4.78 is 5.37. The van der Waals surface area contributed by atoms with E-state index in [2.05, 4.69) is 28.9 Å². The second-order valence-corrected chi connectivity index (χ2v) is 5.84. The molecule has 1 aliphatic heterocycles. The number of carbonyl (C=O) groups is 1. The summed E-state index contributed by atoms with van der Waals surface area (Å²) >= 11 is 0. The van der Waals surface area contributed by atoms with E-state index in [4.69, 9.17) is 4.74 Å². The Morgan fingerprint density at radius 2 is 1.71 bits per heavy atom. The number of allylic oxidation sites excluding steroid dienone is 1. The zero-order valence-electron chi connectivity index (χ0n) is 13.7. The van der Waals surface area contributed by atoms with Gasteiger partial charge < -0.3 is 15.0 Å². The minimum Gasteiger partial charge on any atom is -0.378 e. The zero-order chi connectivity index (χ0) is 16.8. The van der Waals surface area contributed by atoms with Gasteiger partial charge in [0.15, 0.2) is 5.78 Å². The van der Waals surface area contributed by atoms with Crippen LogP contribution in [0.15, 0.2) is 66.9 Å². The molecule has 3 rings (SSSR count). The van der Waals surface area contributed by atoms with Crippen molar-refractivity contribution >= 4 is 17.2 Å². The topological polar surface area (TPSA) is 41.6 Å². The van der Waals surface area contributed by atoms with Gasteiger partial charge in [0.2, 0.25) is 0 Å². The van der Waals surface area contributed by atoms with Crippen molar-refractivity contribution < 1.29 is 9.53 Å². The van der Waals surface area contributed by atoms with Crippen LogP contribution in [0, 0.1) is 0 Å². The van der Waals surface area contributed by atoms with Crippen LogP contribution in [0.4, 0.5) is 11.4 Å². The molecule has 0 bridgehead atoms. The van der Waals surface area contributed by atoms with E-state index < -0.39 is 0 Å². The third kappa shape index (κ3) is 4.24. The standard InChI is InChI=1S/C20H22N2O2/c1-16(15-20(23)17-5-3-2-4-6-17)21-18-7-9-19(10-8-18)22-11-13-24-14-12-22/h2-10,21H,1,11-15H2. The van der Waals surface area contributed by atoms with Crippen LogP contribution in [0.3, 0.4) is 0 Å². The van der Waals surface area contributed by atoms with Crippen molar-refractivity contribution in [3.05, 3.63) is 72.4 Å². The van der Waals surface area contributed by atoms with E-state index >= 15 is 0 Å². The van der Waals surface area contributed by atoms with E-state index in [0.29, 0.717) is 11.3 Å². The zero-order valence-corrected chi connectivity index (χ0v) is 13.7. The molecular formula is C20H22N2O2. The highest BCUT2D eigenvalue weighted by Crippen LogP contribution is 2.20. The molecule has 1 saturated heterocycles. The Balaban J connectivity index is 1.55. The summed E-state index contributed by atoms with van der Waals surface area (Å²) in [5.74, 6) is 0.0676. The van der Waals surface area contributed by atoms with E-state index in [1.807, 2.05) is 42.5 Å². The highest BCUT2D eigenvalue weighted by atomic mass is 16.5. The Hall–Kier alpha value is -2.59. The Morgan fingerprint density at radius 1 is 1.04 bits per heavy atom. The molecule has 24 heavy (non-hydrogen) atoms. The summed E-state index contributed by atoms with van der Waals surface area (Å²) in [6, 6.07) is 17.5. The second-order valence-electron chi connectivity index (χ2n) is 5.84. The minimum atomic E-state index is 0.0676. The van der Waals surface area contributed by atoms with Crippen molar-refractivity contribution in [1.82, 2.24) is 0 Å². The van der Waals surface area contributed by atoms with Gasteiger partial charge in [-0.2, -0.15) is 0 Å². The Morgan fingerprint density at radius 3 is 2.38 bits per heavy atom. The molecule has 1 N–H and O–H groups in total. The molecule has 4 nitrogen and oxygen atoms in total. The van der Waals surface area contributed by atoms with Gasteiger partial charge in [0.25, 0.3) is 0 Å². The Bertz CT molecular complexity index is 689. The molecule has 0 aliphatic carbocycles. The molecular weight excluding hydrogens is 300 g/mol. The molecule has 0 saturated carbocycles. The largest absolute Gasteiger partial charge is 0.378 e. The molecule has 1 fully saturated rings. The first-order valence-corrected chi connectivity index (χ1v) is 8.18. The number of ketones is 1. The van der Waals surface area contributed by atoms with Crippen LogP contribution in [-0.4, -0.2) is 32.1 Å². The monoisotopic (exact) mass is 322 g/mol. The van der Waals surface area contributed by atoms with Crippen LogP contribution in [0.2, 0.25) is 0 Å². The lowest BCUT2D eigenvalue weighted by Crippen LogP contribution is -2.36. The van der Waals surface area contributed by atoms with Crippen LogP contribution < -0.4 is 10.2 Å². The number of Topliss-reactive ketones (excluding diaryl/α,β-unsaturated/α-hetero) is 1. The molecule has 0 radical (unpaired) electrons. The predicted octanol–water partition coefficient (Wildman–Crippen LogP) is 3.72. The summed E-state index contributed by atoms with van der Waals surface area (Å²) in [6.45, 7) is 7.36. The average Bonchev–Trinajstić information content (AvgIpc) is 2.64. The number of benzene rings is 2. The maximum atomic E-state index is 12.2. The molecule has 4 heteroatoms. The highest BCUT2D eigenvalue weighted by Gasteiger charge is 2.11. The number of carbonyl (C=O) groups excluding carboxylic acids is 1. The van der Waals surface area contributed by atoms with Gasteiger partial charge in [0, 0.05) is 35.7 Å². The maximum absolute atomic E-state index is 12.2. The first-order chi connectivity index (χ1) is 11.7. The van der Waals surface area contributed by atoms with Gasteiger partial charge in [-0.15, -0.1) is 0 Å². The highest BCUT2D eigenvalue weighted by molar-refractivity contribution is 5.97. The van der Waals surface area contributed by atoms with Crippen LogP contribution in [0.1, 0.15) is 16.8 Å². The molecule has 124 valence electrons. The van der Waals surface area contributed by atoms with Gasteiger partial charge >= 0.3 is 0 Å². The number of hydrogen-bond acceptors (Lipinski definition) is 4. The minimum absolute atomic E-state index is 0.0676. The van der Waals surface area contributed by atoms with Crippen LogP contribution >= 0.6 is 0 Å². The summed E-state index contributed by atoms with van der Waals surface area (Å²) in [6.07, 6.45) is 0.287. The van der Waals surface area contributed by atoms with Gasteiger partial charge in [0.1, 0.15) is 0 Å². The quantitative estimate of drug-likeness (QED) is 0.823. The Labute approximate surface area is 142 Å². The second kappa shape index (κ2) is 7.79. The molecule has 0 unspecified atom stereocenters. The molecule has 0 aromatic heterocycles. The normalized spacial score (nSPS) is 14.2. The van der Waals surface area contributed by atoms with Crippen molar-refractivity contribution in [1.29, 1.82) is 0 Å². The van der Waals surface area contributed by atoms with Crippen molar-refractivity contribution in [3.63, 3.8) is 0 Å². The van der Waals surface area contributed by atoms with E-state index in [1.54, 1.807) is 0 Å². The van der Waals surface area contributed by atoms with Gasteiger partial charge in [-0.1, -0.05) is 36.9 Å². The molecule has 0 spiro atoms. The fraction of sp³-hybridized carbons (Fsp3) is 0.250. The van der Waals surface area contributed by atoms with Crippen LogP contribution in [0.25, 0.3) is 0 Å². The summed E-state index contributed by atoms with van der Waals surface area (Å²) in [5.41, 5.74) is 3.54. The van der Waals surface area contributed by atoms with Gasteiger partial charge in [-0.05, 0) is 24.3 Å². The van der Waals surface area contributed by atoms with Gasteiger partial charge in [-0.25, -0.2) is 0 Å². The number of hydrogen-bond donors (Lipinski definition) is 1.